The number of rotatable bonds is 0. The van der Waals surface area contributed by atoms with Gasteiger partial charge in [-0.15, -0.1) is 0 Å². The molecular formula is C14H8N4. The van der Waals surface area contributed by atoms with Crippen LogP contribution in [0.25, 0.3) is 0 Å². The summed E-state index contributed by atoms with van der Waals surface area (Å²) in [5, 5.41) is 35.2. The van der Waals surface area contributed by atoms with E-state index in [-0.39, 0.29) is 11.1 Å². The zero-order valence-electron chi connectivity index (χ0n) is 9.51. The van der Waals surface area contributed by atoms with Crippen LogP contribution in [-0.2, 0) is 0 Å². The summed E-state index contributed by atoms with van der Waals surface area (Å²) in [7, 11) is 0. The Labute approximate surface area is 105 Å². The van der Waals surface area contributed by atoms with Gasteiger partial charge in [-0.1, -0.05) is 24.3 Å². The zero-order valence-corrected chi connectivity index (χ0v) is 9.51. The lowest BCUT2D eigenvalue weighted by Crippen LogP contribution is -1.93. The Morgan fingerprint density at radius 1 is 0.722 bits per heavy atom. The molecule has 4 heteroatoms. The highest BCUT2D eigenvalue weighted by Gasteiger charge is 2.09. The fourth-order valence-electron chi connectivity index (χ4n) is 1.53. The van der Waals surface area contributed by atoms with Crippen molar-refractivity contribution in [3.05, 3.63) is 46.6 Å². The normalized spacial score (nSPS) is 16.9. The van der Waals surface area contributed by atoms with E-state index in [0.717, 1.165) is 0 Å². The second-order valence-corrected chi connectivity index (χ2v) is 3.47. The van der Waals surface area contributed by atoms with Crippen LogP contribution in [0.5, 0.6) is 0 Å². The molecule has 0 saturated heterocycles. The second-order valence-electron chi connectivity index (χ2n) is 3.47. The quantitative estimate of drug-likeness (QED) is 0.599. The maximum absolute atomic E-state index is 8.81. The molecule has 0 bridgehead atoms. The first kappa shape index (κ1) is 13.0. The molecule has 0 fully saturated rings. The smallest absolute Gasteiger partial charge is 0.132 e. The second kappa shape index (κ2) is 6.49. The van der Waals surface area contributed by atoms with Gasteiger partial charge in [0.25, 0.3) is 0 Å². The standard InChI is InChI=1S/C14H8N4/c15-7-13(8-16)11-3-1-2-4-12(6-5-11)14(9-17)10-18/h1-4H,5-6H2/b3-1-,4-2-. The highest BCUT2D eigenvalue weighted by molar-refractivity contribution is 5.49. The van der Waals surface area contributed by atoms with E-state index in [9.17, 15) is 0 Å². The van der Waals surface area contributed by atoms with E-state index in [2.05, 4.69) is 0 Å². The molecule has 1 rings (SSSR count). The molecule has 0 aromatic heterocycles. The van der Waals surface area contributed by atoms with E-state index in [1.807, 2.05) is 24.3 Å². The monoisotopic (exact) mass is 232 g/mol. The third-order valence-corrected chi connectivity index (χ3v) is 2.46. The minimum absolute atomic E-state index is 0.0661. The average molecular weight is 232 g/mol. The summed E-state index contributed by atoms with van der Waals surface area (Å²) in [6.45, 7) is 0. The highest BCUT2D eigenvalue weighted by atomic mass is 14.3. The molecule has 0 aromatic rings. The molecule has 0 heterocycles. The summed E-state index contributed by atoms with van der Waals surface area (Å²) >= 11 is 0. The van der Waals surface area contributed by atoms with Crippen LogP contribution in [-0.4, -0.2) is 0 Å². The van der Waals surface area contributed by atoms with Crippen LogP contribution < -0.4 is 0 Å². The van der Waals surface area contributed by atoms with Crippen LogP contribution in [0.4, 0.5) is 0 Å². The van der Waals surface area contributed by atoms with E-state index in [1.165, 1.54) is 0 Å². The minimum atomic E-state index is 0.0661. The summed E-state index contributed by atoms with van der Waals surface area (Å²) < 4.78 is 0. The molecule has 0 N–H and O–H groups in total. The van der Waals surface area contributed by atoms with E-state index in [4.69, 9.17) is 21.0 Å². The SMILES string of the molecule is N#CC(C#N)=C1/C=C\C=C/C(=C(C#N)C#N)CC1. The van der Waals surface area contributed by atoms with Crippen molar-refractivity contribution in [2.45, 2.75) is 12.8 Å². The Hall–Kier alpha value is -3.08. The Morgan fingerprint density at radius 3 is 1.33 bits per heavy atom. The summed E-state index contributed by atoms with van der Waals surface area (Å²) in [5.74, 6) is 0. The van der Waals surface area contributed by atoms with Gasteiger partial charge in [-0.05, 0) is 24.0 Å². The fraction of sp³-hybridized carbons (Fsp3) is 0.143. The first-order valence-electron chi connectivity index (χ1n) is 5.18. The van der Waals surface area contributed by atoms with Crippen molar-refractivity contribution < 1.29 is 0 Å². The number of hydrogen-bond acceptors (Lipinski definition) is 4. The van der Waals surface area contributed by atoms with Gasteiger partial charge in [-0.25, -0.2) is 0 Å². The van der Waals surface area contributed by atoms with Crippen molar-refractivity contribution in [3.8, 4) is 24.3 Å². The van der Waals surface area contributed by atoms with Crippen molar-refractivity contribution in [3.63, 3.8) is 0 Å². The molecule has 0 aromatic carbocycles. The molecule has 0 amide bonds. The van der Waals surface area contributed by atoms with Crippen molar-refractivity contribution in [2.75, 3.05) is 0 Å². The minimum Gasteiger partial charge on any atom is -0.192 e. The largest absolute Gasteiger partial charge is 0.192 e. The van der Waals surface area contributed by atoms with Gasteiger partial charge in [0, 0.05) is 0 Å². The number of nitrogens with zero attached hydrogens (tertiary/aromatic N) is 4. The molecule has 0 radical (unpaired) electrons. The molecule has 0 aliphatic heterocycles. The van der Waals surface area contributed by atoms with Crippen LogP contribution in [0, 0.1) is 45.3 Å². The molecule has 1 aliphatic rings. The summed E-state index contributed by atoms with van der Waals surface area (Å²) in [6, 6.07) is 7.36. The lowest BCUT2D eigenvalue weighted by Gasteiger charge is -2.06. The molecular weight excluding hydrogens is 224 g/mol. The van der Waals surface area contributed by atoms with Crippen LogP contribution >= 0.6 is 0 Å². The van der Waals surface area contributed by atoms with E-state index < -0.39 is 0 Å². The van der Waals surface area contributed by atoms with E-state index in [1.54, 1.807) is 24.3 Å². The van der Waals surface area contributed by atoms with Gasteiger partial charge in [0.2, 0.25) is 0 Å². The van der Waals surface area contributed by atoms with Crippen LogP contribution in [0.3, 0.4) is 0 Å². The van der Waals surface area contributed by atoms with Crippen molar-refractivity contribution in [1.29, 1.82) is 21.0 Å². The molecule has 0 spiro atoms. The first-order chi connectivity index (χ1) is 8.76. The molecule has 0 saturated carbocycles. The van der Waals surface area contributed by atoms with E-state index in [0.29, 0.717) is 24.0 Å². The maximum atomic E-state index is 8.81. The Kier molecular flexibility index (Phi) is 4.68. The third-order valence-electron chi connectivity index (χ3n) is 2.46. The summed E-state index contributed by atoms with van der Waals surface area (Å²) in [6.07, 6.45) is 7.70. The summed E-state index contributed by atoms with van der Waals surface area (Å²) in [5.41, 5.74) is 1.38. The Bertz CT molecular complexity index is 541. The van der Waals surface area contributed by atoms with E-state index >= 15 is 0 Å². The molecule has 18 heavy (non-hydrogen) atoms. The van der Waals surface area contributed by atoms with Crippen molar-refractivity contribution in [1.82, 2.24) is 0 Å². The highest BCUT2D eigenvalue weighted by Crippen LogP contribution is 2.21. The van der Waals surface area contributed by atoms with Gasteiger partial charge >= 0.3 is 0 Å². The number of allylic oxidation sites excluding steroid dienone is 8. The van der Waals surface area contributed by atoms with Crippen LogP contribution in [0.1, 0.15) is 12.8 Å². The van der Waals surface area contributed by atoms with Crippen LogP contribution in [0.15, 0.2) is 46.6 Å². The van der Waals surface area contributed by atoms with Crippen molar-refractivity contribution >= 4 is 0 Å². The summed E-state index contributed by atoms with van der Waals surface area (Å²) in [4.78, 5) is 0. The number of nitriles is 4. The zero-order chi connectivity index (χ0) is 13.4. The first-order valence-corrected chi connectivity index (χ1v) is 5.18. The van der Waals surface area contributed by atoms with Gasteiger partial charge < -0.3 is 0 Å². The van der Waals surface area contributed by atoms with Gasteiger partial charge in [0.1, 0.15) is 35.4 Å². The van der Waals surface area contributed by atoms with Gasteiger partial charge in [0.05, 0.1) is 0 Å². The molecule has 1 aliphatic carbocycles. The topological polar surface area (TPSA) is 95.2 Å². The molecule has 4 nitrogen and oxygen atoms in total. The molecule has 84 valence electrons. The lowest BCUT2D eigenvalue weighted by atomic mass is 9.96. The van der Waals surface area contributed by atoms with Gasteiger partial charge in [-0.3, -0.25) is 0 Å². The van der Waals surface area contributed by atoms with Crippen LogP contribution in [0.2, 0.25) is 0 Å². The fourth-order valence-corrected chi connectivity index (χ4v) is 1.53. The number of hydrogen-bond donors (Lipinski definition) is 0. The predicted octanol–water partition coefficient (Wildman–Crippen LogP) is 2.58. The molecule has 0 atom stereocenters. The molecule has 0 unspecified atom stereocenters. The van der Waals surface area contributed by atoms with Crippen molar-refractivity contribution in [2.24, 2.45) is 0 Å². The maximum Gasteiger partial charge on any atom is 0.132 e. The third kappa shape index (κ3) is 2.96. The van der Waals surface area contributed by atoms with Gasteiger partial charge in [-0.2, -0.15) is 21.0 Å². The Balaban J connectivity index is 3.21. The predicted molar refractivity (Wildman–Crippen MR) is 64.0 cm³/mol. The Morgan fingerprint density at radius 2 is 1.06 bits per heavy atom. The lowest BCUT2D eigenvalue weighted by molar-refractivity contribution is 0.956. The van der Waals surface area contributed by atoms with Gasteiger partial charge in [0.15, 0.2) is 0 Å². The average Bonchev–Trinajstić information content (AvgIpc) is 2.37.